The van der Waals surface area contributed by atoms with Crippen LogP contribution in [0.2, 0.25) is 0 Å². The molecule has 126 valence electrons. The largest absolute Gasteiger partial charge is 0.497 e. The van der Waals surface area contributed by atoms with Crippen LogP contribution in [0.3, 0.4) is 0 Å². The zero-order chi connectivity index (χ0) is 17.2. The first-order valence-corrected chi connectivity index (χ1v) is 8.43. The SMILES string of the molecule is COc1ccc(-c2nn3c(Cc4ccccn4)nnc3s2)c(OC)c1. The van der Waals surface area contributed by atoms with Crippen LogP contribution >= 0.6 is 11.3 Å². The van der Waals surface area contributed by atoms with Crippen molar-refractivity contribution in [3.05, 3.63) is 54.1 Å². The third-order valence-electron chi connectivity index (χ3n) is 3.76. The smallest absolute Gasteiger partial charge is 0.234 e. The van der Waals surface area contributed by atoms with Crippen molar-refractivity contribution in [1.29, 1.82) is 0 Å². The molecule has 0 radical (unpaired) electrons. The van der Waals surface area contributed by atoms with Crippen LogP contribution in [0.4, 0.5) is 0 Å². The summed E-state index contributed by atoms with van der Waals surface area (Å²) in [5, 5.41) is 13.9. The van der Waals surface area contributed by atoms with Gasteiger partial charge in [-0.1, -0.05) is 17.4 Å². The summed E-state index contributed by atoms with van der Waals surface area (Å²) in [5.74, 6) is 2.19. The van der Waals surface area contributed by atoms with E-state index in [9.17, 15) is 0 Å². The van der Waals surface area contributed by atoms with E-state index in [0.717, 1.165) is 32.8 Å². The van der Waals surface area contributed by atoms with Crippen molar-refractivity contribution >= 4 is 16.3 Å². The number of pyridine rings is 1. The zero-order valence-corrected chi connectivity index (χ0v) is 14.5. The molecule has 0 unspecified atom stereocenters. The Bertz CT molecular complexity index is 1010. The summed E-state index contributed by atoms with van der Waals surface area (Å²) < 4.78 is 12.5. The maximum absolute atomic E-state index is 5.47. The second-order valence-corrected chi connectivity index (χ2v) is 6.24. The van der Waals surface area contributed by atoms with Gasteiger partial charge < -0.3 is 9.47 Å². The molecule has 8 heteroatoms. The molecule has 0 fully saturated rings. The van der Waals surface area contributed by atoms with E-state index < -0.39 is 0 Å². The molecule has 0 saturated heterocycles. The molecule has 7 nitrogen and oxygen atoms in total. The van der Waals surface area contributed by atoms with Gasteiger partial charge in [0.05, 0.1) is 26.2 Å². The van der Waals surface area contributed by atoms with Gasteiger partial charge in [0.2, 0.25) is 4.96 Å². The number of rotatable bonds is 5. The van der Waals surface area contributed by atoms with Gasteiger partial charge in [0.15, 0.2) is 10.8 Å². The van der Waals surface area contributed by atoms with Crippen LogP contribution in [-0.2, 0) is 6.42 Å². The molecule has 4 rings (SSSR count). The second kappa shape index (κ2) is 6.48. The van der Waals surface area contributed by atoms with E-state index in [1.54, 1.807) is 24.9 Å². The summed E-state index contributed by atoms with van der Waals surface area (Å²) >= 11 is 1.46. The van der Waals surface area contributed by atoms with Crippen molar-refractivity contribution in [2.75, 3.05) is 14.2 Å². The van der Waals surface area contributed by atoms with Crippen LogP contribution in [-0.4, -0.2) is 39.0 Å². The Hall–Kier alpha value is -3.00. The number of methoxy groups -OCH3 is 2. The molecule has 0 aliphatic heterocycles. The van der Waals surface area contributed by atoms with Gasteiger partial charge in [0, 0.05) is 18.0 Å². The van der Waals surface area contributed by atoms with E-state index in [1.165, 1.54) is 11.3 Å². The average Bonchev–Trinajstić information content (AvgIpc) is 3.24. The Kier molecular flexibility index (Phi) is 4.02. The molecule has 0 atom stereocenters. The average molecular weight is 353 g/mol. The molecular formula is C17H15N5O2S. The molecular weight excluding hydrogens is 338 g/mol. The predicted octanol–water partition coefficient (Wildman–Crippen LogP) is 2.86. The molecule has 0 N–H and O–H groups in total. The highest BCUT2D eigenvalue weighted by Crippen LogP contribution is 2.35. The molecule has 0 bridgehead atoms. The van der Waals surface area contributed by atoms with Crippen molar-refractivity contribution in [3.63, 3.8) is 0 Å². The third kappa shape index (κ3) is 2.91. The van der Waals surface area contributed by atoms with E-state index in [4.69, 9.17) is 9.47 Å². The van der Waals surface area contributed by atoms with Gasteiger partial charge in [-0.3, -0.25) is 4.98 Å². The number of nitrogens with zero attached hydrogens (tertiary/aromatic N) is 5. The topological polar surface area (TPSA) is 74.4 Å². The summed E-state index contributed by atoms with van der Waals surface area (Å²) in [6.07, 6.45) is 2.34. The summed E-state index contributed by atoms with van der Waals surface area (Å²) in [6.45, 7) is 0. The second-order valence-electron chi connectivity index (χ2n) is 5.28. The number of hydrogen-bond acceptors (Lipinski definition) is 7. The van der Waals surface area contributed by atoms with Gasteiger partial charge in [-0.2, -0.15) is 9.61 Å². The van der Waals surface area contributed by atoms with Crippen LogP contribution in [0.25, 0.3) is 15.5 Å². The van der Waals surface area contributed by atoms with Crippen LogP contribution in [0.1, 0.15) is 11.5 Å². The highest BCUT2D eigenvalue weighted by atomic mass is 32.1. The summed E-state index contributed by atoms with van der Waals surface area (Å²) in [6, 6.07) is 11.5. The summed E-state index contributed by atoms with van der Waals surface area (Å²) in [4.78, 5) is 5.07. The lowest BCUT2D eigenvalue weighted by atomic mass is 10.2. The lowest BCUT2D eigenvalue weighted by Crippen LogP contribution is -1.99. The van der Waals surface area contributed by atoms with Gasteiger partial charge >= 0.3 is 0 Å². The van der Waals surface area contributed by atoms with E-state index in [2.05, 4.69) is 20.3 Å². The minimum Gasteiger partial charge on any atom is -0.497 e. The molecule has 0 spiro atoms. The van der Waals surface area contributed by atoms with Crippen molar-refractivity contribution in [3.8, 4) is 22.1 Å². The molecule has 4 aromatic rings. The van der Waals surface area contributed by atoms with Crippen molar-refractivity contribution in [2.24, 2.45) is 0 Å². The van der Waals surface area contributed by atoms with E-state index in [1.807, 2.05) is 36.4 Å². The molecule has 25 heavy (non-hydrogen) atoms. The van der Waals surface area contributed by atoms with Crippen molar-refractivity contribution in [1.82, 2.24) is 24.8 Å². The van der Waals surface area contributed by atoms with Gasteiger partial charge in [0.25, 0.3) is 0 Å². The number of ether oxygens (including phenoxy) is 2. The molecule has 0 aliphatic carbocycles. The fourth-order valence-electron chi connectivity index (χ4n) is 2.52. The first kappa shape index (κ1) is 15.5. The fraction of sp³-hybridized carbons (Fsp3) is 0.176. The first-order valence-electron chi connectivity index (χ1n) is 7.62. The van der Waals surface area contributed by atoms with Crippen LogP contribution in [0.5, 0.6) is 11.5 Å². The first-order chi connectivity index (χ1) is 12.3. The van der Waals surface area contributed by atoms with Crippen LogP contribution < -0.4 is 9.47 Å². The Morgan fingerprint density at radius 2 is 2.00 bits per heavy atom. The normalized spacial score (nSPS) is 11.0. The zero-order valence-electron chi connectivity index (χ0n) is 13.7. The lowest BCUT2D eigenvalue weighted by Gasteiger charge is -2.07. The third-order valence-corrected chi connectivity index (χ3v) is 4.69. The molecule has 3 aromatic heterocycles. The van der Waals surface area contributed by atoms with Gasteiger partial charge in [-0.25, -0.2) is 0 Å². The lowest BCUT2D eigenvalue weighted by molar-refractivity contribution is 0.395. The van der Waals surface area contributed by atoms with Crippen molar-refractivity contribution in [2.45, 2.75) is 6.42 Å². The standard InChI is InChI=1S/C17H15N5O2S/c1-23-12-6-7-13(14(10-12)24-2)16-21-22-15(19-20-17(22)25-16)9-11-5-3-4-8-18-11/h3-8,10H,9H2,1-2H3. The van der Waals surface area contributed by atoms with Crippen LogP contribution in [0.15, 0.2) is 42.6 Å². The highest BCUT2D eigenvalue weighted by Gasteiger charge is 2.16. The minimum absolute atomic E-state index is 0.574. The summed E-state index contributed by atoms with van der Waals surface area (Å²) in [7, 11) is 3.26. The van der Waals surface area contributed by atoms with Crippen molar-refractivity contribution < 1.29 is 9.47 Å². The predicted molar refractivity (Wildman–Crippen MR) is 94.2 cm³/mol. The van der Waals surface area contributed by atoms with E-state index in [-0.39, 0.29) is 0 Å². The number of benzene rings is 1. The maximum atomic E-state index is 5.47. The Labute approximate surface area is 147 Å². The summed E-state index contributed by atoms with van der Waals surface area (Å²) in [5.41, 5.74) is 1.82. The number of fused-ring (bicyclic) bond motifs is 1. The Morgan fingerprint density at radius 3 is 2.76 bits per heavy atom. The van der Waals surface area contributed by atoms with Gasteiger partial charge in [0.1, 0.15) is 11.5 Å². The number of hydrogen-bond donors (Lipinski definition) is 0. The Balaban J connectivity index is 1.73. The monoisotopic (exact) mass is 353 g/mol. The molecule has 0 aliphatic rings. The fourth-order valence-corrected chi connectivity index (χ4v) is 3.40. The maximum Gasteiger partial charge on any atom is 0.234 e. The highest BCUT2D eigenvalue weighted by molar-refractivity contribution is 7.19. The van der Waals surface area contributed by atoms with Crippen LogP contribution in [0, 0.1) is 0 Å². The molecule has 0 amide bonds. The minimum atomic E-state index is 0.574. The number of aromatic nitrogens is 5. The van der Waals surface area contributed by atoms with E-state index in [0.29, 0.717) is 12.2 Å². The molecule has 3 heterocycles. The molecule has 1 aromatic carbocycles. The molecule has 0 saturated carbocycles. The Morgan fingerprint density at radius 1 is 1.08 bits per heavy atom. The van der Waals surface area contributed by atoms with E-state index >= 15 is 0 Å². The quantitative estimate of drug-likeness (QED) is 0.549. The van der Waals surface area contributed by atoms with Gasteiger partial charge in [-0.05, 0) is 24.3 Å². The van der Waals surface area contributed by atoms with Gasteiger partial charge in [-0.15, -0.1) is 10.2 Å².